The predicted octanol–water partition coefficient (Wildman–Crippen LogP) is 0.158. The zero-order chi connectivity index (χ0) is 10.4. The number of hydrogen-bond acceptors (Lipinski definition) is 4. The van der Waals surface area contributed by atoms with Crippen molar-refractivity contribution >= 4 is 0 Å². The van der Waals surface area contributed by atoms with Crippen molar-refractivity contribution in [3.8, 4) is 0 Å². The quantitative estimate of drug-likeness (QED) is 0.682. The van der Waals surface area contributed by atoms with Crippen molar-refractivity contribution in [1.82, 2.24) is 14.8 Å². The summed E-state index contributed by atoms with van der Waals surface area (Å²) in [5, 5.41) is 13.9. The van der Waals surface area contributed by atoms with Crippen molar-refractivity contribution in [2.75, 3.05) is 6.54 Å². The van der Waals surface area contributed by atoms with Gasteiger partial charge in [-0.15, -0.1) is 0 Å². The van der Waals surface area contributed by atoms with E-state index in [1.54, 1.807) is 11.0 Å². The van der Waals surface area contributed by atoms with Crippen LogP contribution >= 0.6 is 0 Å². The van der Waals surface area contributed by atoms with Gasteiger partial charge in [-0.1, -0.05) is 6.92 Å². The van der Waals surface area contributed by atoms with E-state index in [9.17, 15) is 5.11 Å². The van der Waals surface area contributed by atoms with E-state index in [1.165, 1.54) is 6.33 Å². The summed E-state index contributed by atoms with van der Waals surface area (Å²) in [6, 6.07) is 0. The molecule has 1 atom stereocenters. The molecule has 1 rings (SSSR count). The second-order valence-electron chi connectivity index (χ2n) is 3.54. The van der Waals surface area contributed by atoms with Gasteiger partial charge < -0.3 is 10.8 Å². The summed E-state index contributed by atoms with van der Waals surface area (Å²) in [5.41, 5.74) is 4.78. The second-order valence-corrected chi connectivity index (χ2v) is 3.54. The average molecular weight is 198 g/mol. The highest BCUT2D eigenvalue weighted by Crippen LogP contribution is 2.15. The minimum Gasteiger partial charge on any atom is -0.389 e. The molecule has 1 heterocycles. The Hall–Kier alpha value is -0.940. The summed E-state index contributed by atoms with van der Waals surface area (Å²) < 4.78 is 1.76. The molecule has 80 valence electrons. The maximum Gasteiger partial charge on any atom is 0.137 e. The fourth-order valence-electron chi connectivity index (χ4n) is 1.34. The first kappa shape index (κ1) is 11.1. The Morgan fingerprint density at radius 1 is 1.57 bits per heavy atom. The van der Waals surface area contributed by atoms with E-state index in [-0.39, 0.29) is 0 Å². The van der Waals surface area contributed by atoms with Crippen LogP contribution in [0.2, 0.25) is 0 Å². The highest BCUT2D eigenvalue weighted by atomic mass is 16.3. The van der Waals surface area contributed by atoms with Crippen LogP contribution in [0.25, 0.3) is 0 Å². The molecule has 0 radical (unpaired) electrons. The lowest BCUT2D eigenvalue weighted by molar-refractivity contribution is 0.0331. The Morgan fingerprint density at radius 3 is 2.86 bits per heavy atom. The van der Waals surface area contributed by atoms with E-state index in [2.05, 4.69) is 10.1 Å². The molecule has 0 saturated heterocycles. The highest BCUT2D eigenvalue weighted by Gasteiger charge is 2.21. The van der Waals surface area contributed by atoms with Crippen molar-refractivity contribution in [2.24, 2.45) is 5.73 Å². The maximum atomic E-state index is 9.89. The highest BCUT2D eigenvalue weighted by molar-refractivity contribution is 4.77. The Kier molecular flexibility index (Phi) is 4.03. The molecule has 0 spiro atoms. The van der Waals surface area contributed by atoms with Crippen LogP contribution in [0.4, 0.5) is 0 Å². The van der Waals surface area contributed by atoms with E-state index in [0.717, 1.165) is 13.0 Å². The zero-order valence-corrected chi connectivity index (χ0v) is 8.56. The van der Waals surface area contributed by atoms with Crippen LogP contribution in [-0.2, 0) is 6.54 Å². The lowest BCUT2D eigenvalue weighted by atomic mass is 9.95. The molecule has 5 nitrogen and oxygen atoms in total. The Balaban J connectivity index is 2.27. The lowest BCUT2D eigenvalue weighted by Crippen LogP contribution is -2.37. The van der Waals surface area contributed by atoms with Crippen molar-refractivity contribution in [1.29, 1.82) is 0 Å². The molecule has 0 bridgehead atoms. The molecule has 0 fully saturated rings. The largest absolute Gasteiger partial charge is 0.389 e. The molecular formula is C9H18N4O. The third-order valence-corrected chi connectivity index (χ3v) is 2.53. The van der Waals surface area contributed by atoms with E-state index in [0.29, 0.717) is 19.4 Å². The Labute approximate surface area is 83.9 Å². The van der Waals surface area contributed by atoms with Gasteiger partial charge in [0.2, 0.25) is 0 Å². The number of nitrogens with two attached hydrogens (primary N) is 1. The van der Waals surface area contributed by atoms with Crippen molar-refractivity contribution < 1.29 is 5.11 Å². The summed E-state index contributed by atoms with van der Waals surface area (Å²) in [6.07, 6.45) is 5.45. The number of aryl methyl sites for hydroxylation is 1. The number of nitrogens with zero attached hydrogens (tertiary/aromatic N) is 3. The molecule has 0 aliphatic heterocycles. The molecule has 1 unspecified atom stereocenters. The van der Waals surface area contributed by atoms with E-state index < -0.39 is 5.60 Å². The summed E-state index contributed by atoms with van der Waals surface area (Å²) in [5.74, 6) is 0. The van der Waals surface area contributed by atoms with Gasteiger partial charge in [0.25, 0.3) is 0 Å². The van der Waals surface area contributed by atoms with Gasteiger partial charge in [0.05, 0.1) is 5.60 Å². The van der Waals surface area contributed by atoms with Gasteiger partial charge in [0.1, 0.15) is 12.7 Å². The molecule has 1 aromatic rings. The third-order valence-electron chi connectivity index (χ3n) is 2.53. The summed E-state index contributed by atoms with van der Waals surface area (Å²) >= 11 is 0. The number of rotatable bonds is 6. The van der Waals surface area contributed by atoms with Crippen molar-refractivity contribution in [2.45, 2.75) is 38.3 Å². The summed E-state index contributed by atoms with van der Waals surface area (Å²) in [4.78, 5) is 3.84. The lowest BCUT2D eigenvalue weighted by Gasteiger charge is -2.24. The third kappa shape index (κ3) is 3.08. The minimum atomic E-state index is -0.708. The van der Waals surface area contributed by atoms with Crippen LogP contribution in [0, 0.1) is 0 Å². The molecular weight excluding hydrogens is 180 g/mol. The molecule has 0 aromatic carbocycles. The van der Waals surface area contributed by atoms with Crippen LogP contribution in [0.5, 0.6) is 0 Å². The molecule has 14 heavy (non-hydrogen) atoms. The Morgan fingerprint density at radius 2 is 2.36 bits per heavy atom. The van der Waals surface area contributed by atoms with Crippen LogP contribution in [0.15, 0.2) is 12.7 Å². The topological polar surface area (TPSA) is 77.0 Å². The van der Waals surface area contributed by atoms with Crippen LogP contribution in [0.3, 0.4) is 0 Å². The van der Waals surface area contributed by atoms with Crippen LogP contribution < -0.4 is 5.73 Å². The first-order valence-corrected chi connectivity index (χ1v) is 4.95. The van der Waals surface area contributed by atoms with Crippen molar-refractivity contribution in [3.05, 3.63) is 12.7 Å². The number of aliphatic hydroxyl groups is 1. The second kappa shape index (κ2) is 5.07. The molecule has 0 amide bonds. The number of aromatic nitrogens is 3. The smallest absolute Gasteiger partial charge is 0.137 e. The molecule has 5 heteroatoms. The summed E-state index contributed by atoms with van der Waals surface area (Å²) in [6.45, 7) is 3.05. The van der Waals surface area contributed by atoms with Gasteiger partial charge in [-0.3, -0.25) is 4.68 Å². The van der Waals surface area contributed by atoms with E-state index in [1.807, 2.05) is 6.92 Å². The molecule has 1 aromatic heterocycles. The normalized spacial score (nSPS) is 15.4. The average Bonchev–Trinajstić information content (AvgIpc) is 2.70. The first-order chi connectivity index (χ1) is 6.70. The van der Waals surface area contributed by atoms with Gasteiger partial charge in [-0.05, 0) is 19.3 Å². The van der Waals surface area contributed by atoms with Crippen LogP contribution in [-0.4, -0.2) is 32.0 Å². The van der Waals surface area contributed by atoms with Crippen LogP contribution in [0.1, 0.15) is 26.2 Å². The molecule has 0 aliphatic carbocycles. The molecule has 0 saturated carbocycles. The van der Waals surface area contributed by atoms with Gasteiger partial charge in [0.15, 0.2) is 0 Å². The molecule has 3 N–H and O–H groups in total. The Bertz CT molecular complexity index is 243. The van der Waals surface area contributed by atoms with Gasteiger partial charge in [-0.2, -0.15) is 5.10 Å². The van der Waals surface area contributed by atoms with Gasteiger partial charge in [-0.25, -0.2) is 4.98 Å². The van der Waals surface area contributed by atoms with Crippen molar-refractivity contribution in [3.63, 3.8) is 0 Å². The SMILES string of the molecule is CCC(O)(CN)CCCn1cncn1. The molecule has 0 aliphatic rings. The van der Waals surface area contributed by atoms with E-state index >= 15 is 0 Å². The standard InChI is InChI=1S/C9H18N4O/c1-2-9(14,6-10)4-3-5-13-8-11-7-12-13/h7-8,14H,2-6,10H2,1H3. The first-order valence-electron chi connectivity index (χ1n) is 4.95. The monoisotopic (exact) mass is 198 g/mol. The summed E-state index contributed by atoms with van der Waals surface area (Å²) in [7, 11) is 0. The van der Waals surface area contributed by atoms with Gasteiger partial charge in [0, 0.05) is 13.1 Å². The minimum absolute atomic E-state index is 0.320. The van der Waals surface area contributed by atoms with Gasteiger partial charge >= 0.3 is 0 Å². The van der Waals surface area contributed by atoms with E-state index in [4.69, 9.17) is 5.73 Å². The zero-order valence-electron chi connectivity index (χ0n) is 8.56. The maximum absolute atomic E-state index is 9.89. The fraction of sp³-hybridized carbons (Fsp3) is 0.778. The number of hydrogen-bond donors (Lipinski definition) is 2. The predicted molar refractivity (Wildman–Crippen MR) is 53.6 cm³/mol. The fourth-order valence-corrected chi connectivity index (χ4v) is 1.34.